The van der Waals surface area contributed by atoms with Gasteiger partial charge in [0.05, 0.1) is 65.0 Å². The van der Waals surface area contributed by atoms with E-state index in [0.717, 1.165) is 17.2 Å². The van der Waals surface area contributed by atoms with Gasteiger partial charge in [0.1, 0.15) is 85.9 Å². The molecule has 2 aromatic carbocycles. The number of nitrogens with zero attached hydrogens (tertiary/aromatic N) is 16. The number of alkyl halides is 2. The third kappa shape index (κ3) is 19.4. The summed E-state index contributed by atoms with van der Waals surface area (Å²) in [5, 5.41) is 10.4. The van der Waals surface area contributed by atoms with E-state index in [4.69, 9.17) is 86.8 Å². The van der Waals surface area contributed by atoms with E-state index in [0.29, 0.717) is 11.1 Å². The van der Waals surface area contributed by atoms with Crippen molar-refractivity contribution in [3.63, 3.8) is 0 Å². The number of phosphoric acid groups is 3. The molecule has 49 nitrogen and oxygen atoms in total. The number of anilines is 4. The minimum absolute atomic E-state index is 0. The van der Waals surface area contributed by atoms with Gasteiger partial charge in [-0.25, -0.2) is 75.5 Å². The van der Waals surface area contributed by atoms with Gasteiger partial charge in [0.25, 0.3) is 22.9 Å². The van der Waals surface area contributed by atoms with Crippen molar-refractivity contribution in [2.75, 3.05) is 87.2 Å². The Balaban J connectivity index is 0.000000201. The summed E-state index contributed by atoms with van der Waals surface area (Å²) in [4.78, 5) is 153. The van der Waals surface area contributed by atoms with Gasteiger partial charge in [-0.1, -0.05) is 78.9 Å². The van der Waals surface area contributed by atoms with E-state index in [2.05, 4.69) is 128 Å². The summed E-state index contributed by atoms with van der Waals surface area (Å²) in [6.07, 6.45) is -14.7. The lowest BCUT2D eigenvalue weighted by atomic mass is 10.0. The van der Waals surface area contributed by atoms with Gasteiger partial charge in [-0.2, -0.15) is 9.97 Å². The molecule has 16 heterocycles. The molecule has 8 fully saturated rings. The predicted molar refractivity (Wildman–Crippen MR) is 459 cm³/mol. The van der Waals surface area contributed by atoms with Crippen molar-refractivity contribution >= 4 is 161 Å². The Labute approximate surface area is 751 Å². The van der Waals surface area contributed by atoms with E-state index in [1.165, 1.54) is 39.0 Å². The molecule has 8 aromatic heterocycles. The molecule has 0 spiro atoms. The second-order valence-corrected chi connectivity index (χ2v) is 35.2. The molecule has 129 heavy (non-hydrogen) atoms. The number of aromatic amines is 2. The highest BCUT2D eigenvalue weighted by molar-refractivity contribution is 15.0. The molecule has 8 saturated heterocycles. The van der Waals surface area contributed by atoms with E-state index in [-0.39, 0.29) is 109 Å². The van der Waals surface area contributed by atoms with Crippen LogP contribution in [0.2, 0.25) is 0 Å². The maximum absolute atomic E-state index is 16.5. The zero-order valence-electron chi connectivity index (χ0n) is 66.1. The van der Waals surface area contributed by atoms with Crippen LogP contribution in [0, 0.1) is 25.0 Å². The Bertz CT molecular complexity index is 6200. The van der Waals surface area contributed by atoms with Crippen LogP contribution in [-0.2, 0) is 96.9 Å². The van der Waals surface area contributed by atoms with Crippen LogP contribution in [0.5, 0.6) is 0 Å². The van der Waals surface area contributed by atoms with E-state index in [1.807, 2.05) is 0 Å². The SMILES string of the molecule is C.C.II.[C-]#[N+]CCOP1(=O)OC[C@H]2O[C@@H](n3cnc4c(=O)[nH]c(NC(=O)C(C)C)nc43)[C@H](OP(=O)(O)OC[C@@]34CO[C@@H]([C@H](n5cnc6c(NC(=O)c7ccccc7)ncnc65)O3)[C@@H]4O1)[C@@H]2F.[C-]#[N+]CCOP1(=O)OC[C@H]2O[C@@H](n3cnc4c(=O)[nH]c(NC(=O)C(C)C)nc43)[C@H](OP(O)OC[C@@]34CO[C@@H]([C@H](n5cnc6c(NC(=O)c7ccccc7)ncnc65)O3)[C@@H]4O1)[C@@H]2F. The summed E-state index contributed by atoms with van der Waals surface area (Å²) in [5.41, 5.74) is -4.42. The largest absolute Gasteiger partial charge is 0.475 e. The molecular formula is C72H80F2I2N22O27P4. The summed E-state index contributed by atoms with van der Waals surface area (Å²) < 4.78 is 176. The lowest BCUT2D eigenvalue weighted by Crippen LogP contribution is -2.46. The van der Waals surface area contributed by atoms with Crippen LogP contribution in [0.4, 0.5) is 32.3 Å². The standard InChI is InChI=1S/C35H36FN11O14P2.C35H36FN11O13P2.2CH4.I2/c1-17(2)29(48)44-34-43-28-22(31(50)45-34)41-16-47(28)32-23-20(36)19(58-32)11-56-63(53,55-10-9-37-3)61-25-24-33(59-35(25,12-54-24)13-57-62(51,52)60-23)46-15-40-21-26(38-14-39-27(21)46)42-30(49)18-7-5-4-6-8-18;1-17(2)29(48)44-34-43-28-22(31(50)45-34)41-16-47(28)32-23-20(36)19(57-32)11-56-62(52,55-10-9-37-3)60-25-24-33(58-35(25,12-53-24)13-54-61(51)59-23)46-15-40-21-26(38-14-39-27(21)46)42-30(49)18-7-5-4-6-8-18;;;1-2/h4-8,14-17,19-20,23-25,32-33H,9-13H2,1-2H3,(H,51,52)(H,38,39,42,49)(H2,43,44,45,48,50);4-8,14-17,19-20,23-25,32-33,51H,9-13H2,1-2H3,(H,38,39,42,49)(H2,43,44,45,48,50);2*1H4;/t19-,20-,23-,24-,25+,32-,33-,35-,63?;19-,20-,23-,24-,25+,32-,33-,35-,61?,62?;;;/m11.../s1. The van der Waals surface area contributed by atoms with Gasteiger partial charge >= 0.3 is 32.1 Å². The van der Waals surface area contributed by atoms with Crippen molar-refractivity contribution in [3.05, 3.63) is 153 Å². The fourth-order valence-corrected chi connectivity index (χ4v) is 19.3. The first-order chi connectivity index (χ1) is 61.0. The molecule has 20 atom stereocenters. The third-order valence-electron chi connectivity index (χ3n) is 20.8. The highest BCUT2D eigenvalue weighted by Gasteiger charge is 2.68. The van der Waals surface area contributed by atoms with Crippen LogP contribution < -0.4 is 32.4 Å². The second kappa shape index (κ2) is 39.7. The molecule has 8 N–H and O–H groups in total. The molecule has 688 valence electrons. The number of carbonyl (C=O) groups excluding carboxylic acids is 4. The third-order valence-corrected chi connectivity index (χ3v) is 25.4. The van der Waals surface area contributed by atoms with Crippen molar-refractivity contribution < 1.29 is 125 Å². The van der Waals surface area contributed by atoms with Crippen LogP contribution in [0.1, 0.15) is 88.2 Å². The van der Waals surface area contributed by atoms with Gasteiger partial charge in [0, 0.05) is 60.2 Å². The molecule has 4 amide bonds. The lowest BCUT2D eigenvalue weighted by molar-refractivity contribution is -0.184. The highest BCUT2D eigenvalue weighted by Crippen LogP contribution is 2.63. The zero-order chi connectivity index (χ0) is 89.6. The topological polar surface area (TPSA) is 579 Å². The summed E-state index contributed by atoms with van der Waals surface area (Å²) in [6, 6.07) is 16.9. The number of H-pyrrole nitrogens is 2. The van der Waals surface area contributed by atoms with Crippen molar-refractivity contribution in [1.82, 2.24) is 78.1 Å². The molecule has 0 aliphatic carbocycles. The molecule has 4 unspecified atom stereocenters. The summed E-state index contributed by atoms with van der Waals surface area (Å²) >= 11 is 4.24. The first-order valence-electron chi connectivity index (χ1n) is 38.3. The van der Waals surface area contributed by atoms with Crippen molar-refractivity contribution in [2.45, 2.75) is 140 Å². The normalized spacial score (nSPS) is 30.5. The number of carbonyl (C=O) groups is 4. The Morgan fingerprint density at radius 2 is 0.977 bits per heavy atom. The fourth-order valence-electron chi connectivity index (χ4n) is 14.6. The van der Waals surface area contributed by atoms with Crippen molar-refractivity contribution in [1.29, 1.82) is 0 Å². The van der Waals surface area contributed by atoms with Gasteiger partial charge in [-0.15, -0.1) is 0 Å². The van der Waals surface area contributed by atoms with E-state index in [1.54, 1.807) is 88.4 Å². The summed E-state index contributed by atoms with van der Waals surface area (Å²) in [5.74, 6) is -3.13. The number of amides is 4. The number of fused-ring (bicyclic) bond motifs is 8. The van der Waals surface area contributed by atoms with Crippen molar-refractivity contribution in [2.24, 2.45) is 11.8 Å². The molecule has 18 rings (SSSR count). The first kappa shape index (κ1) is 95.9. The number of nitrogens with one attached hydrogen (secondary N) is 6. The number of halogens is 4. The molecular weight excluding hydrogens is 2020 g/mol. The molecule has 10 aromatic rings. The first-order valence-corrected chi connectivity index (χ1v) is 50.1. The van der Waals surface area contributed by atoms with E-state index < -0.39 is 216 Å². The maximum atomic E-state index is 16.5. The minimum atomic E-state index is -5.33. The predicted octanol–water partition coefficient (Wildman–Crippen LogP) is 8.50. The van der Waals surface area contributed by atoms with Gasteiger partial charge in [0.15, 0.2) is 93.5 Å². The molecule has 8 aliphatic heterocycles. The number of phosphoric ester groups is 3. The summed E-state index contributed by atoms with van der Waals surface area (Å²) in [6.45, 7) is 15.9. The van der Waals surface area contributed by atoms with Gasteiger partial charge in [0.2, 0.25) is 36.8 Å². The highest BCUT2D eigenvalue weighted by atomic mass is 128. The van der Waals surface area contributed by atoms with E-state index >= 15 is 8.78 Å². The number of benzene rings is 2. The monoisotopic (exact) mass is 2100 g/mol. The Morgan fingerprint density at radius 1 is 0.566 bits per heavy atom. The number of rotatable bonds is 18. The molecule has 8 aliphatic rings. The Morgan fingerprint density at radius 3 is 1.41 bits per heavy atom. The van der Waals surface area contributed by atoms with Crippen LogP contribution in [0.3, 0.4) is 0 Å². The molecule has 0 saturated carbocycles. The van der Waals surface area contributed by atoms with Crippen LogP contribution in [-0.4, -0.2) is 250 Å². The number of imidazole rings is 4. The van der Waals surface area contributed by atoms with Crippen molar-refractivity contribution in [3.8, 4) is 0 Å². The van der Waals surface area contributed by atoms with Gasteiger partial charge in [-0.3, -0.25) is 104 Å². The maximum Gasteiger partial charge on any atom is 0.475 e. The second-order valence-electron chi connectivity index (χ2n) is 29.6. The minimum Gasteiger partial charge on any atom is -0.367 e. The van der Waals surface area contributed by atoms with Gasteiger partial charge < -0.3 is 67.6 Å². The molecule has 57 heteroatoms. The number of aromatic nitrogens is 16. The van der Waals surface area contributed by atoms with Crippen LogP contribution in [0.15, 0.2) is 108 Å². The molecule has 0 radical (unpaired) electrons. The van der Waals surface area contributed by atoms with Crippen LogP contribution >= 0.6 is 69.3 Å². The number of hydrogen-bond donors (Lipinski definition) is 8. The Kier molecular flexibility index (Phi) is 29.5. The molecule has 8 bridgehead atoms. The average Bonchev–Trinajstić information content (AvgIpc) is 1.56. The number of hydrogen-bond acceptors (Lipinski definition) is 36. The zero-order valence-corrected chi connectivity index (χ0v) is 74.0. The Hall–Kier alpha value is -9.18. The smallest absolute Gasteiger partial charge is 0.367 e. The summed E-state index contributed by atoms with van der Waals surface area (Å²) in [7, 11) is -17.9. The van der Waals surface area contributed by atoms with Crippen LogP contribution in [0.25, 0.3) is 54.3 Å². The number of ether oxygens (including phenoxy) is 6. The lowest BCUT2D eigenvalue weighted by Gasteiger charge is -2.32. The fraction of sp³-hybridized carbons (Fsp3) is 0.472. The van der Waals surface area contributed by atoms with E-state index in [9.17, 15) is 52.2 Å². The quantitative estimate of drug-likeness (QED) is 0.0173. The average molecular weight is 2100 g/mol. The van der Waals surface area contributed by atoms with Gasteiger partial charge in [-0.05, 0) is 24.3 Å².